The summed E-state index contributed by atoms with van der Waals surface area (Å²) in [4.78, 5) is 27.3. The second-order valence-corrected chi connectivity index (χ2v) is 10.2. The van der Waals surface area contributed by atoms with E-state index in [9.17, 15) is 18.0 Å². The van der Waals surface area contributed by atoms with E-state index < -0.39 is 15.9 Å². The molecule has 2 aliphatic rings. The van der Waals surface area contributed by atoms with Gasteiger partial charge in [0.15, 0.2) is 0 Å². The van der Waals surface area contributed by atoms with Gasteiger partial charge in [0.05, 0.1) is 23.1 Å². The summed E-state index contributed by atoms with van der Waals surface area (Å²) >= 11 is 0. The van der Waals surface area contributed by atoms with E-state index in [1.807, 2.05) is 19.1 Å². The van der Waals surface area contributed by atoms with Crippen LogP contribution in [0, 0.1) is 5.92 Å². The Morgan fingerprint density at radius 1 is 1.09 bits per heavy atom. The molecule has 2 aromatic rings. The molecule has 2 aromatic carbocycles. The molecule has 0 aromatic heterocycles. The van der Waals surface area contributed by atoms with Crippen LogP contribution >= 0.6 is 0 Å². The van der Waals surface area contributed by atoms with Gasteiger partial charge in [-0.25, -0.2) is 8.42 Å². The Morgan fingerprint density at radius 2 is 1.85 bits per heavy atom. The Bertz CT molecular complexity index is 1130. The fourth-order valence-electron chi connectivity index (χ4n) is 4.31. The van der Waals surface area contributed by atoms with Crippen molar-refractivity contribution in [3.05, 3.63) is 48.5 Å². The van der Waals surface area contributed by atoms with Gasteiger partial charge in [-0.3, -0.25) is 9.59 Å². The lowest BCUT2D eigenvalue weighted by molar-refractivity contribution is -0.122. The summed E-state index contributed by atoms with van der Waals surface area (Å²) in [5.74, 6) is -0.407. The van der Waals surface area contributed by atoms with Crippen LogP contribution in [0.25, 0.3) is 0 Å². The number of hydrogen-bond donors (Lipinski definition) is 1. The van der Waals surface area contributed by atoms with Crippen LogP contribution in [0.1, 0.15) is 32.6 Å². The van der Waals surface area contributed by atoms with Gasteiger partial charge < -0.3 is 15.0 Å². The molecule has 2 amide bonds. The van der Waals surface area contributed by atoms with Crippen LogP contribution in [0.5, 0.6) is 5.75 Å². The number of nitrogens with zero attached hydrogens (tertiary/aromatic N) is 2. The number of carbonyl (C=O) groups is 2. The van der Waals surface area contributed by atoms with Crippen molar-refractivity contribution in [3.63, 3.8) is 0 Å². The van der Waals surface area contributed by atoms with E-state index in [0.29, 0.717) is 36.8 Å². The molecular weight excluding hydrogens is 442 g/mol. The molecule has 2 aliphatic heterocycles. The molecule has 2 fully saturated rings. The number of benzene rings is 2. The zero-order chi connectivity index (χ0) is 23.4. The summed E-state index contributed by atoms with van der Waals surface area (Å²) in [6.07, 6.45) is 2.83. The van der Waals surface area contributed by atoms with Gasteiger partial charge in [0.1, 0.15) is 5.75 Å². The molecule has 1 atom stereocenters. The van der Waals surface area contributed by atoms with Gasteiger partial charge in [0, 0.05) is 31.7 Å². The van der Waals surface area contributed by atoms with E-state index in [0.717, 1.165) is 19.3 Å². The summed E-state index contributed by atoms with van der Waals surface area (Å²) in [6, 6.07) is 13.6. The highest BCUT2D eigenvalue weighted by Gasteiger charge is 2.36. The molecule has 9 heteroatoms. The Morgan fingerprint density at radius 3 is 2.61 bits per heavy atom. The van der Waals surface area contributed by atoms with Crippen molar-refractivity contribution in [2.75, 3.05) is 36.5 Å². The molecular formula is C24H29N3O5S. The molecule has 2 saturated heterocycles. The maximum absolute atomic E-state index is 13.0. The minimum Gasteiger partial charge on any atom is -0.492 e. The van der Waals surface area contributed by atoms with Gasteiger partial charge in [-0.2, -0.15) is 4.31 Å². The largest absolute Gasteiger partial charge is 0.492 e. The average Bonchev–Trinajstić information content (AvgIpc) is 3.22. The topological polar surface area (TPSA) is 96.0 Å². The fourth-order valence-corrected chi connectivity index (χ4v) is 5.87. The maximum atomic E-state index is 13.0. The summed E-state index contributed by atoms with van der Waals surface area (Å²) < 4.78 is 33.0. The number of anilines is 2. The number of sulfonamides is 1. The van der Waals surface area contributed by atoms with E-state index in [2.05, 4.69) is 5.32 Å². The molecule has 8 nitrogen and oxygen atoms in total. The SMILES string of the molecule is CCOc1ccccc1N1C[C@@H](C(=O)Nc2cccc(S(=O)(=O)N3CCCCC3)c2)CC1=O. The van der Waals surface area contributed by atoms with Crippen molar-refractivity contribution in [2.45, 2.75) is 37.5 Å². The molecule has 1 N–H and O–H groups in total. The lowest BCUT2D eigenvalue weighted by Gasteiger charge is -2.26. The predicted octanol–water partition coefficient (Wildman–Crippen LogP) is 3.25. The number of rotatable bonds is 7. The molecule has 0 saturated carbocycles. The van der Waals surface area contributed by atoms with E-state index in [4.69, 9.17) is 4.74 Å². The van der Waals surface area contributed by atoms with Crippen molar-refractivity contribution in [2.24, 2.45) is 5.92 Å². The van der Waals surface area contributed by atoms with Crippen molar-refractivity contribution < 1.29 is 22.7 Å². The molecule has 176 valence electrons. The van der Waals surface area contributed by atoms with Crippen LogP contribution in [0.2, 0.25) is 0 Å². The molecule has 4 rings (SSSR count). The van der Waals surface area contributed by atoms with E-state index in [1.54, 1.807) is 35.2 Å². The smallest absolute Gasteiger partial charge is 0.243 e. The molecule has 0 spiro atoms. The first-order valence-electron chi connectivity index (χ1n) is 11.3. The molecule has 0 bridgehead atoms. The number of amides is 2. The Kier molecular flexibility index (Phi) is 6.99. The zero-order valence-corrected chi connectivity index (χ0v) is 19.5. The lowest BCUT2D eigenvalue weighted by atomic mass is 10.1. The highest BCUT2D eigenvalue weighted by atomic mass is 32.2. The number of nitrogens with one attached hydrogen (secondary N) is 1. The minimum atomic E-state index is -3.60. The first-order valence-corrected chi connectivity index (χ1v) is 12.8. The van der Waals surface area contributed by atoms with Crippen LogP contribution in [0.3, 0.4) is 0 Å². The fraction of sp³-hybridized carbons (Fsp3) is 0.417. The predicted molar refractivity (Wildman–Crippen MR) is 126 cm³/mol. The van der Waals surface area contributed by atoms with E-state index in [-0.39, 0.29) is 29.7 Å². The van der Waals surface area contributed by atoms with E-state index >= 15 is 0 Å². The first kappa shape index (κ1) is 23.3. The van der Waals surface area contributed by atoms with Crippen LogP contribution in [0.4, 0.5) is 11.4 Å². The van der Waals surface area contributed by atoms with Crippen LogP contribution in [-0.2, 0) is 19.6 Å². The van der Waals surface area contributed by atoms with Gasteiger partial charge in [-0.05, 0) is 50.1 Å². The third-order valence-corrected chi connectivity index (χ3v) is 7.90. The van der Waals surface area contributed by atoms with Crippen molar-refractivity contribution in [1.82, 2.24) is 4.31 Å². The summed E-state index contributed by atoms with van der Waals surface area (Å²) in [5, 5.41) is 2.80. The van der Waals surface area contributed by atoms with E-state index in [1.165, 1.54) is 10.4 Å². The van der Waals surface area contributed by atoms with Crippen LogP contribution in [-0.4, -0.2) is 50.8 Å². The number of carbonyl (C=O) groups excluding carboxylic acids is 2. The van der Waals surface area contributed by atoms with Gasteiger partial charge >= 0.3 is 0 Å². The normalized spacial score (nSPS) is 19.5. The number of ether oxygens (including phenoxy) is 1. The molecule has 0 unspecified atom stereocenters. The summed E-state index contributed by atoms with van der Waals surface area (Å²) in [7, 11) is -3.60. The number of piperidine rings is 1. The standard InChI is InChI=1S/C24H29N3O5S/c1-2-32-22-12-5-4-11-21(22)27-17-18(15-23(27)28)24(29)25-19-9-8-10-20(16-19)33(30,31)26-13-6-3-7-14-26/h4-5,8-12,16,18H,2-3,6-7,13-15,17H2,1H3,(H,25,29)/t18-/m0/s1. The molecule has 0 aliphatic carbocycles. The number of para-hydroxylation sites is 2. The Labute approximate surface area is 194 Å². The second kappa shape index (κ2) is 9.93. The minimum absolute atomic E-state index is 0.0814. The first-order chi connectivity index (χ1) is 15.9. The summed E-state index contributed by atoms with van der Waals surface area (Å²) in [5.41, 5.74) is 1.05. The van der Waals surface area contributed by atoms with Gasteiger partial charge in [-0.15, -0.1) is 0 Å². The second-order valence-electron chi connectivity index (χ2n) is 8.29. The third-order valence-electron chi connectivity index (χ3n) is 6.01. The lowest BCUT2D eigenvalue weighted by Crippen LogP contribution is -2.35. The highest BCUT2D eigenvalue weighted by molar-refractivity contribution is 7.89. The average molecular weight is 472 g/mol. The van der Waals surface area contributed by atoms with Gasteiger partial charge in [0.25, 0.3) is 0 Å². The van der Waals surface area contributed by atoms with Gasteiger partial charge in [0.2, 0.25) is 21.8 Å². The Balaban J connectivity index is 1.46. The monoisotopic (exact) mass is 471 g/mol. The number of hydrogen-bond acceptors (Lipinski definition) is 5. The molecule has 33 heavy (non-hydrogen) atoms. The Hall–Kier alpha value is -2.91. The third kappa shape index (κ3) is 5.04. The van der Waals surface area contributed by atoms with Gasteiger partial charge in [-0.1, -0.05) is 24.6 Å². The highest BCUT2D eigenvalue weighted by Crippen LogP contribution is 2.33. The quantitative estimate of drug-likeness (QED) is 0.669. The maximum Gasteiger partial charge on any atom is 0.243 e. The van der Waals surface area contributed by atoms with Crippen LogP contribution < -0.4 is 15.0 Å². The van der Waals surface area contributed by atoms with Crippen molar-refractivity contribution in [3.8, 4) is 5.75 Å². The molecule has 2 heterocycles. The van der Waals surface area contributed by atoms with Crippen molar-refractivity contribution in [1.29, 1.82) is 0 Å². The van der Waals surface area contributed by atoms with Crippen molar-refractivity contribution >= 4 is 33.2 Å². The summed E-state index contributed by atoms with van der Waals surface area (Å²) in [6.45, 7) is 3.61. The molecule has 0 radical (unpaired) electrons. The van der Waals surface area contributed by atoms with Crippen LogP contribution in [0.15, 0.2) is 53.4 Å². The zero-order valence-electron chi connectivity index (χ0n) is 18.7.